The zero-order valence-electron chi connectivity index (χ0n) is 17.5. The van der Waals surface area contributed by atoms with Gasteiger partial charge in [0.05, 0.1) is 10.6 Å². The molecule has 0 aliphatic carbocycles. The minimum Gasteiger partial charge on any atom is -0.305 e. The molecule has 0 aliphatic rings. The zero-order chi connectivity index (χ0) is 22.7. The first-order valence-corrected chi connectivity index (χ1v) is 11.3. The molecule has 0 atom stereocenters. The van der Waals surface area contributed by atoms with E-state index in [0.29, 0.717) is 11.5 Å². The highest BCUT2D eigenvalue weighted by molar-refractivity contribution is 7.92. The smallest absolute Gasteiger partial charge is 0.261 e. The highest BCUT2D eigenvalue weighted by atomic mass is 32.2. The Bertz CT molecular complexity index is 1360. The second kappa shape index (κ2) is 8.64. The molecule has 0 aliphatic heterocycles. The Hall–Kier alpha value is -3.98. The van der Waals surface area contributed by atoms with Gasteiger partial charge >= 0.3 is 0 Å². The first-order chi connectivity index (χ1) is 15.3. The van der Waals surface area contributed by atoms with Crippen molar-refractivity contribution in [2.75, 3.05) is 10.0 Å². The Balaban J connectivity index is 1.54. The number of benzene rings is 2. The van der Waals surface area contributed by atoms with Crippen molar-refractivity contribution in [2.24, 2.45) is 0 Å². The lowest BCUT2D eigenvalue weighted by molar-refractivity contribution is 0.102. The first-order valence-electron chi connectivity index (χ1n) is 9.80. The molecule has 3 N–H and O–H groups in total. The highest BCUT2D eigenvalue weighted by Crippen LogP contribution is 2.26. The van der Waals surface area contributed by atoms with Gasteiger partial charge in [0, 0.05) is 34.8 Å². The van der Waals surface area contributed by atoms with Crippen LogP contribution in [-0.2, 0) is 10.0 Å². The lowest BCUT2D eigenvalue weighted by atomic mass is 10.1. The monoisotopic (exact) mass is 447 g/mol. The fourth-order valence-electron chi connectivity index (χ4n) is 3.14. The van der Waals surface area contributed by atoms with E-state index in [0.717, 1.165) is 22.4 Å². The van der Waals surface area contributed by atoms with Gasteiger partial charge in [0.15, 0.2) is 5.82 Å². The number of carbonyl (C=O) groups excluding carboxylic acids is 1. The minimum atomic E-state index is -3.85. The van der Waals surface area contributed by atoms with Gasteiger partial charge in [0.2, 0.25) is 0 Å². The fourth-order valence-corrected chi connectivity index (χ4v) is 4.24. The van der Waals surface area contributed by atoms with E-state index < -0.39 is 15.9 Å². The van der Waals surface area contributed by atoms with Crippen molar-refractivity contribution in [3.8, 4) is 11.3 Å². The summed E-state index contributed by atoms with van der Waals surface area (Å²) in [6.07, 6.45) is 3.34. The molecule has 0 bridgehead atoms. The minimum absolute atomic E-state index is 0.0121. The topological polar surface area (TPSA) is 117 Å². The molecule has 2 heterocycles. The van der Waals surface area contributed by atoms with Crippen LogP contribution in [0.1, 0.15) is 21.5 Å². The normalized spacial score (nSPS) is 11.2. The third-order valence-electron chi connectivity index (χ3n) is 4.92. The summed E-state index contributed by atoms with van der Waals surface area (Å²) in [6.45, 7) is 3.75. The average Bonchev–Trinajstić information content (AvgIpc) is 3.16. The van der Waals surface area contributed by atoms with Crippen LogP contribution in [0.3, 0.4) is 0 Å². The number of carbonyl (C=O) groups is 1. The Kier molecular flexibility index (Phi) is 5.74. The lowest BCUT2D eigenvalue weighted by Gasteiger charge is -2.10. The Morgan fingerprint density at radius 1 is 0.969 bits per heavy atom. The van der Waals surface area contributed by atoms with Crippen molar-refractivity contribution in [2.45, 2.75) is 18.7 Å². The number of pyridine rings is 1. The van der Waals surface area contributed by atoms with Gasteiger partial charge in [-0.2, -0.15) is 5.10 Å². The molecule has 0 radical (unpaired) electrons. The standard InChI is InChI=1S/C23H21N5O3S/c1-15-6-8-19(9-7-15)28-32(30,31)20-5-3-4-18(14-20)23(29)25-22-16(2)21(26-27-22)17-10-12-24-13-11-17/h3-14,28H,1-2H3,(H2,25,26,27,29). The summed E-state index contributed by atoms with van der Waals surface area (Å²) in [6, 6.07) is 16.5. The van der Waals surface area contributed by atoms with Crippen LogP contribution in [-0.4, -0.2) is 29.5 Å². The lowest BCUT2D eigenvalue weighted by Crippen LogP contribution is -2.16. The molecular weight excluding hydrogens is 426 g/mol. The SMILES string of the molecule is Cc1ccc(NS(=O)(=O)c2cccc(C(=O)Nc3n[nH]c(-c4ccncc4)c3C)c2)cc1. The van der Waals surface area contributed by atoms with Gasteiger partial charge in [-0.15, -0.1) is 0 Å². The predicted octanol–water partition coefficient (Wildman–Crippen LogP) is 4.14. The van der Waals surface area contributed by atoms with Crippen LogP contribution < -0.4 is 10.0 Å². The fraction of sp³-hybridized carbons (Fsp3) is 0.0870. The molecular formula is C23H21N5O3S. The molecule has 162 valence electrons. The number of H-pyrrole nitrogens is 1. The number of nitrogens with one attached hydrogen (secondary N) is 3. The number of aryl methyl sites for hydroxylation is 1. The van der Waals surface area contributed by atoms with Crippen molar-refractivity contribution >= 4 is 27.4 Å². The second-order valence-corrected chi connectivity index (χ2v) is 8.94. The third kappa shape index (κ3) is 4.52. The summed E-state index contributed by atoms with van der Waals surface area (Å²) in [5.74, 6) is -0.0962. The van der Waals surface area contributed by atoms with Crippen molar-refractivity contribution in [3.63, 3.8) is 0 Å². The molecule has 1 amide bonds. The number of aromatic nitrogens is 3. The van der Waals surface area contributed by atoms with Crippen LogP contribution in [0.15, 0.2) is 78.0 Å². The number of anilines is 2. The van der Waals surface area contributed by atoms with Crippen LogP contribution in [0, 0.1) is 13.8 Å². The Morgan fingerprint density at radius 2 is 1.69 bits per heavy atom. The summed E-state index contributed by atoms with van der Waals surface area (Å²) in [4.78, 5) is 16.8. The number of hydrogen-bond donors (Lipinski definition) is 3. The number of sulfonamides is 1. The summed E-state index contributed by atoms with van der Waals surface area (Å²) in [7, 11) is -3.85. The maximum Gasteiger partial charge on any atom is 0.261 e. The van der Waals surface area contributed by atoms with Gasteiger partial charge < -0.3 is 5.32 Å². The van der Waals surface area contributed by atoms with Gasteiger partial charge in [-0.1, -0.05) is 23.8 Å². The summed E-state index contributed by atoms with van der Waals surface area (Å²) in [5, 5.41) is 9.84. The van der Waals surface area contributed by atoms with Crippen molar-refractivity contribution in [3.05, 3.63) is 89.7 Å². The van der Waals surface area contributed by atoms with Crippen molar-refractivity contribution < 1.29 is 13.2 Å². The van der Waals surface area contributed by atoms with Gasteiger partial charge in [-0.05, 0) is 56.3 Å². The van der Waals surface area contributed by atoms with Gasteiger partial charge in [-0.3, -0.25) is 19.6 Å². The number of amides is 1. The molecule has 0 fully saturated rings. The molecule has 0 unspecified atom stereocenters. The molecule has 4 aromatic rings. The van der Waals surface area contributed by atoms with E-state index in [9.17, 15) is 13.2 Å². The van der Waals surface area contributed by atoms with Crippen LogP contribution in [0.25, 0.3) is 11.3 Å². The third-order valence-corrected chi connectivity index (χ3v) is 6.30. The maximum atomic E-state index is 12.8. The molecule has 2 aromatic heterocycles. The highest BCUT2D eigenvalue weighted by Gasteiger charge is 2.18. The summed E-state index contributed by atoms with van der Waals surface area (Å²) < 4.78 is 28.1. The Morgan fingerprint density at radius 3 is 2.41 bits per heavy atom. The molecule has 0 spiro atoms. The van der Waals surface area contributed by atoms with E-state index in [1.165, 1.54) is 18.2 Å². The number of nitrogens with zero attached hydrogens (tertiary/aromatic N) is 2. The van der Waals surface area contributed by atoms with E-state index in [2.05, 4.69) is 25.2 Å². The quantitative estimate of drug-likeness (QED) is 0.411. The first kappa shape index (κ1) is 21.3. The Labute approximate surface area is 185 Å². The number of aromatic amines is 1. The average molecular weight is 448 g/mol. The van der Waals surface area contributed by atoms with Crippen molar-refractivity contribution in [1.29, 1.82) is 0 Å². The predicted molar refractivity (Wildman–Crippen MR) is 123 cm³/mol. The zero-order valence-corrected chi connectivity index (χ0v) is 18.3. The van der Waals surface area contributed by atoms with E-state index in [1.807, 2.05) is 38.1 Å². The number of rotatable bonds is 6. The van der Waals surface area contributed by atoms with Gasteiger partial charge in [0.1, 0.15) is 0 Å². The van der Waals surface area contributed by atoms with Crippen molar-refractivity contribution in [1.82, 2.24) is 15.2 Å². The summed E-state index contributed by atoms with van der Waals surface area (Å²) in [5.41, 5.74) is 4.08. The van der Waals surface area contributed by atoms with E-state index in [-0.39, 0.29) is 10.5 Å². The van der Waals surface area contributed by atoms with E-state index in [4.69, 9.17) is 0 Å². The molecule has 32 heavy (non-hydrogen) atoms. The summed E-state index contributed by atoms with van der Waals surface area (Å²) >= 11 is 0. The van der Waals surface area contributed by atoms with Crippen LogP contribution in [0.5, 0.6) is 0 Å². The number of hydrogen-bond acceptors (Lipinski definition) is 5. The maximum absolute atomic E-state index is 12.8. The van der Waals surface area contributed by atoms with Crippen LogP contribution >= 0.6 is 0 Å². The molecule has 0 saturated heterocycles. The molecule has 2 aromatic carbocycles. The molecule has 9 heteroatoms. The van der Waals surface area contributed by atoms with E-state index in [1.54, 1.807) is 30.6 Å². The van der Waals surface area contributed by atoms with Crippen LogP contribution in [0.4, 0.5) is 11.5 Å². The molecule has 8 nitrogen and oxygen atoms in total. The second-order valence-electron chi connectivity index (χ2n) is 7.26. The largest absolute Gasteiger partial charge is 0.305 e. The van der Waals surface area contributed by atoms with E-state index >= 15 is 0 Å². The van der Waals surface area contributed by atoms with Gasteiger partial charge in [-0.25, -0.2) is 8.42 Å². The molecule has 0 saturated carbocycles. The van der Waals surface area contributed by atoms with Crippen LogP contribution in [0.2, 0.25) is 0 Å². The molecule has 4 rings (SSSR count). The van der Waals surface area contributed by atoms with Gasteiger partial charge in [0.25, 0.3) is 15.9 Å².